The van der Waals surface area contributed by atoms with Crippen LogP contribution in [-0.2, 0) is 16.6 Å². The lowest BCUT2D eigenvalue weighted by Gasteiger charge is -2.25. The molecule has 0 heterocycles. The molecule has 1 aromatic rings. The van der Waals surface area contributed by atoms with E-state index in [1.54, 1.807) is 0 Å². The lowest BCUT2D eigenvalue weighted by atomic mass is 9.79. The molecule has 1 saturated carbocycles. The summed E-state index contributed by atoms with van der Waals surface area (Å²) >= 11 is 0. The monoisotopic (exact) mass is 202 g/mol. The Morgan fingerprint density at radius 3 is 2.93 bits per heavy atom. The van der Waals surface area contributed by atoms with Crippen molar-refractivity contribution >= 4 is 5.97 Å². The van der Waals surface area contributed by atoms with E-state index in [-0.39, 0.29) is 11.3 Å². The average Bonchev–Trinajstić information content (AvgIpc) is 2.95. The first-order chi connectivity index (χ1) is 7.24. The van der Waals surface area contributed by atoms with E-state index in [2.05, 4.69) is 18.2 Å². The van der Waals surface area contributed by atoms with Crippen molar-refractivity contribution in [3.63, 3.8) is 0 Å². The smallest absolute Gasteiger partial charge is 0.307 e. The molecule has 2 atom stereocenters. The van der Waals surface area contributed by atoms with E-state index in [4.69, 9.17) is 5.11 Å². The molecule has 0 unspecified atom stereocenters. The zero-order valence-electron chi connectivity index (χ0n) is 8.57. The van der Waals surface area contributed by atoms with Crippen LogP contribution in [0.1, 0.15) is 30.4 Å². The summed E-state index contributed by atoms with van der Waals surface area (Å²) < 4.78 is 0. The summed E-state index contributed by atoms with van der Waals surface area (Å²) in [6.45, 7) is 0. The number of rotatable bonds is 1. The molecule has 0 amide bonds. The minimum atomic E-state index is -0.619. The Labute approximate surface area is 88.9 Å². The Morgan fingerprint density at radius 1 is 1.40 bits per heavy atom. The second-order valence-electron chi connectivity index (χ2n) is 4.76. The van der Waals surface area contributed by atoms with Gasteiger partial charge >= 0.3 is 5.97 Å². The van der Waals surface area contributed by atoms with Crippen molar-refractivity contribution in [2.24, 2.45) is 5.92 Å². The molecule has 2 aliphatic carbocycles. The van der Waals surface area contributed by atoms with Gasteiger partial charge in [0.25, 0.3) is 0 Å². The SMILES string of the molecule is O=C(O)[C@@H]1C[C@@]12CCCc1ccccc12. The molecule has 0 bridgehead atoms. The Kier molecular flexibility index (Phi) is 1.70. The molecular formula is C13H14O2. The number of fused-ring (bicyclic) bond motifs is 2. The molecule has 3 rings (SSSR count). The summed E-state index contributed by atoms with van der Waals surface area (Å²) in [5.74, 6) is -0.745. The molecule has 2 nitrogen and oxygen atoms in total. The average molecular weight is 202 g/mol. The first-order valence-electron chi connectivity index (χ1n) is 5.55. The quantitative estimate of drug-likeness (QED) is 0.759. The van der Waals surface area contributed by atoms with E-state index >= 15 is 0 Å². The van der Waals surface area contributed by atoms with E-state index < -0.39 is 5.97 Å². The molecule has 1 fully saturated rings. The van der Waals surface area contributed by atoms with Crippen LogP contribution < -0.4 is 0 Å². The maximum atomic E-state index is 11.0. The molecule has 2 heteroatoms. The number of carbonyl (C=O) groups is 1. The highest BCUT2D eigenvalue weighted by molar-refractivity contribution is 5.77. The third kappa shape index (κ3) is 1.14. The minimum absolute atomic E-state index is 0.000671. The largest absolute Gasteiger partial charge is 0.481 e. The highest BCUT2D eigenvalue weighted by Crippen LogP contribution is 2.60. The van der Waals surface area contributed by atoms with Gasteiger partial charge in [0.1, 0.15) is 0 Å². The molecule has 15 heavy (non-hydrogen) atoms. The van der Waals surface area contributed by atoms with Gasteiger partial charge in [-0.1, -0.05) is 24.3 Å². The maximum Gasteiger partial charge on any atom is 0.307 e. The van der Waals surface area contributed by atoms with Crippen LogP contribution in [0.4, 0.5) is 0 Å². The third-order valence-electron chi connectivity index (χ3n) is 4.00. The Morgan fingerprint density at radius 2 is 2.20 bits per heavy atom. The number of hydrogen-bond donors (Lipinski definition) is 1. The highest BCUT2D eigenvalue weighted by atomic mass is 16.4. The molecule has 0 aromatic heterocycles. The van der Waals surface area contributed by atoms with Crippen LogP contribution in [0.25, 0.3) is 0 Å². The van der Waals surface area contributed by atoms with E-state index in [9.17, 15) is 4.79 Å². The predicted octanol–water partition coefficient (Wildman–Crippen LogP) is 2.37. The lowest BCUT2D eigenvalue weighted by Crippen LogP contribution is -2.21. The van der Waals surface area contributed by atoms with Crippen molar-refractivity contribution in [2.75, 3.05) is 0 Å². The molecule has 0 aliphatic heterocycles. The Bertz CT molecular complexity index is 424. The van der Waals surface area contributed by atoms with Crippen molar-refractivity contribution in [3.8, 4) is 0 Å². The number of aryl methyl sites for hydroxylation is 1. The molecule has 0 saturated heterocycles. The minimum Gasteiger partial charge on any atom is -0.481 e. The summed E-state index contributed by atoms with van der Waals surface area (Å²) in [5, 5.41) is 9.10. The van der Waals surface area contributed by atoms with Crippen LogP contribution in [0.3, 0.4) is 0 Å². The van der Waals surface area contributed by atoms with E-state index in [0.29, 0.717) is 0 Å². The van der Waals surface area contributed by atoms with Gasteiger partial charge in [-0.3, -0.25) is 4.79 Å². The molecule has 2 aliphatic rings. The van der Waals surface area contributed by atoms with Crippen molar-refractivity contribution in [3.05, 3.63) is 35.4 Å². The van der Waals surface area contributed by atoms with Gasteiger partial charge in [0.05, 0.1) is 5.92 Å². The third-order valence-corrected chi connectivity index (χ3v) is 4.00. The van der Waals surface area contributed by atoms with Crippen LogP contribution >= 0.6 is 0 Å². The second-order valence-corrected chi connectivity index (χ2v) is 4.76. The van der Waals surface area contributed by atoms with Crippen molar-refractivity contribution in [2.45, 2.75) is 31.1 Å². The highest BCUT2D eigenvalue weighted by Gasteiger charge is 2.60. The van der Waals surface area contributed by atoms with Gasteiger partial charge in [0.15, 0.2) is 0 Å². The van der Waals surface area contributed by atoms with E-state index in [1.165, 1.54) is 11.1 Å². The Hall–Kier alpha value is -1.31. The summed E-state index contributed by atoms with van der Waals surface area (Å²) in [6.07, 6.45) is 4.16. The van der Waals surface area contributed by atoms with Crippen LogP contribution in [0.15, 0.2) is 24.3 Å². The Balaban J connectivity index is 2.05. The van der Waals surface area contributed by atoms with Gasteiger partial charge in [-0.05, 0) is 36.8 Å². The van der Waals surface area contributed by atoms with Crippen molar-refractivity contribution in [1.29, 1.82) is 0 Å². The first kappa shape index (κ1) is 8.96. The normalized spacial score (nSPS) is 32.4. The lowest BCUT2D eigenvalue weighted by molar-refractivity contribution is -0.139. The van der Waals surface area contributed by atoms with Gasteiger partial charge < -0.3 is 5.11 Å². The maximum absolute atomic E-state index is 11.0. The number of hydrogen-bond acceptors (Lipinski definition) is 1. The zero-order chi connectivity index (χ0) is 10.5. The summed E-state index contributed by atoms with van der Waals surface area (Å²) in [5.41, 5.74) is 2.68. The van der Waals surface area contributed by atoms with Gasteiger partial charge in [-0.2, -0.15) is 0 Å². The number of carboxylic acid groups (broad SMARTS) is 1. The molecule has 1 aromatic carbocycles. The fourth-order valence-electron chi connectivity index (χ4n) is 3.16. The van der Waals surface area contributed by atoms with Gasteiger partial charge in [-0.25, -0.2) is 0 Å². The molecule has 1 N–H and O–H groups in total. The fraction of sp³-hybridized carbons (Fsp3) is 0.462. The topological polar surface area (TPSA) is 37.3 Å². The zero-order valence-corrected chi connectivity index (χ0v) is 8.57. The number of aliphatic carboxylic acids is 1. The van der Waals surface area contributed by atoms with Crippen LogP contribution in [0.2, 0.25) is 0 Å². The first-order valence-corrected chi connectivity index (χ1v) is 5.55. The molecular weight excluding hydrogens is 188 g/mol. The molecule has 1 spiro atoms. The number of benzene rings is 1. The fourth-order valence-corrected chi connectivity index (χ4v) is 3.16. The van der Waals surface area contributed by atoms with E-state index in [1.807, 2.05) is 6.07 Å². The van der Waals surface area contributed by atoms with Crippen molar-refractivity contribution < 1.29 is 9.90 Å². The summed E-state index contributed by atoms with van der Waals surface area (Å²) in [7, 11) is 0. The van der Waals surface area contributed by atoms with Crippen LogP contribution in [0.5, 0.6) is 0 Å². The standard InChI is InChI=1S/C13H14O2/c14-12(15)11-8-13(11)7-3-5-9-4-1-2-6-10(9)13/h1-2,4,6,11H,3,5,7-8H2,(H,14,15)/t11-,13+/m0/s1. The van der Waals surface area contributed by atoms with Crippen LogP contribution in [-0.4, -0.2) is 11.1 Å². The number of carboxylic acids is 1. The molecule has 78 valence electrons. The van der Waals surface area contributed by atoms with Crippen molar-refractivity contribution in [1.82, 2.24) is 0 Å². The van der Waals surface area contributed by atoms with Gasteiger partial charge in [-0.15, -0.1) is 0 Å². The second kappa shape index (κ2) is 2.84. The molecule has 0 radical (unpaired) electrons. The summed E-state index contributed by atoms with van der Waals surface area (Å²) in [4.78, 5) is 11.0. The predicted molar refractivity (Wildman–Crippen MR) is 56.8 cm³/mol. The van der Waals surface area contributed by atoms with Gasteiger partial charge in [0, 0.05) is 5.41 Å². The van der Waals surface area contributed by atoms with Crippen LogP contribution in [0, 0.1) is 5.92 Å². The summed E-state index contributed by atoms with van der Waals surface area (Å²) in [6, 6.07) is 8.35. The van der Waals surface area contributed by atoms with Gasteiger partial charge in [0.2, 0.25) is 0 Å². The van der Waals surface area contributed by atoms with E-state index in [0.717, 1.165) is 25.7 Å².